The Bertz CT molecular complexity index is 1190. The van der Waals surface area contributed by atoms with Gasteiger partial charge in [0.05, 0.1) is 11.3 Å². The molecule has 0 atom stereocenters. The summed E-state index contributed by atoms with van der Waals surface area (Å²) in [6.45, 7) is 9.41. The van der Waals surface area contributed by atoms with E-state index < -0.39 is 0 Å². The highest BCUT2D eigenvalue weighted by Crippen LogP contribution is 2.31. The predicted molar refractivity (Wildman–Crippen MR) is 137 cm³/mol. The first kappa shape index (κ1) is 24.2. The summed E-state index contributed by atoms with van der Waals surface area (Å²) in [4.78, 5) is 33.4. The second kappa shape index (κ2) is 10.1. The van der Waals surface area contributed by atoms with Gasteiger partial charge in [-0.05, 0) is 49.4 Å². The smallest absolute Gasteiger partial charge is 0.259 e. The molecule has 2 amide bonds. The predicted octanol–water partition coefficient (Wildman–Crippen LogP) is 5.27. The Kier molecular flexibility index (Phi) is 7.23. The SMILES string of the molecule is Cc1ccc(C(=O)Nc2nnc(C(C)(C)C)s2)c(C2CCN(C(=O)C=Cc3cccs3)CC2)n1. The van der Waals surface area contributed by atoms with Crippen molar-refractivity contribution in [2.24, 2.45) is 0 Å². The van der Waals surface area contributed by atoms with Gasteiger partial charge in [0.1, 0.15) is 5.01 Å². The normalized spacial score (nSPS) is 15.1. The zero-order chi connectivity index (χ0) is 24.3. The average Bonchev–Trinajstić information content (AvgIpc) is 3.49. The summed E-state index contributed by atoms with van der Waals surface area (Å²) >= 11 is 3.00. The Hall–Kier alpha value is -2.91. The first-order valence-corrected chi connectivity index (χ1v) is 13.0. The number of carbonyl (C=O) groups excluding carboxylic acids is 2. The lowest BCUT2D eigenvalue weighted by Gasteiger charge is -2.31. The van der Waals surface area contributed by atoms with Gasteiger partial charge in [-0.15, -0.1) is 21.5 Å². The van der Waals surface area contributed by atoms with Crippen LogP contribution in [0.5, 0.6) is 0 Å². The standard InChI is InChI=1S/C25H29N5O2S2/c1-16-7-9-19(22(32)27-24-29-28-23(34-24)25(2,3)4)21(26-16)17-11-13-30(14-12-17)20(31)10-8-18-6-5-15-33-18/h5-10,15,17H,11-14H2,1-4H3,(H,27,29,32). The monoisotopic (exact) mass is 495 g/mol. The molecule has 0 aromatic carbocycles. The lowest BCUT2D eigenvalue weighted by molar-refractivity contribution is -0.127. The molecule has 0 unspecified atom stereocenters. The Labute approximate surface area is 208 Å². The fourth-order valence-corrected chi connectivity index (χ4v) is 5.25. The number of anilines is 1. The summed E-state index contributed by atoms with van der Waals surface area (Å²) in [5, 5.41) is 14.6. The summed E-state index contributed by atoms with van der Waals surface area (Å²) in [7, 11) is 0. The molecule has 3 aromatic rings. The van der Waals surface area contributed by atoms with Crippen molar-refractivity contribution in [1.29, 1.82) is 0 Å². The number of aromatic nitrogens is 3. The Balaban J connectivity index is 1.43. The van der Waals surface area contributed by atoms with Gasteiger partial charge in [0, 0.05) is 41.1 Å². The minimum atomic E-state index is -0.225. The maximum Gasteiger partial charge on any atom is 0.259 e. The largest absolute Gasteiger partial charge is 0.339 e. The molecule has 1 saturated heterocycles. The fraction of sp³-hybridized carbons (Fsp3) is 0.400. The number of rotatable bonds is 5. The van der Waals surface area contributed by atoms with Crippen LogP contribution in [0.2, 0.25) is 0 Å². The van der Waals surface area contributed by atoms with Crippen LogP contribution in [0.3, 0.4) is 0 Å². The van der Waals surface area contributed by atoms with Gasteiger partial charge >= 0.3 is 0 Å². The van der Waals surface area contributed by atoms with Gasteiger partial charge in [0.15, 0.2) is 0 Å². The number of nitrogens with zero attached hydrogens (tertiary/aromatic N) is 4. The number of pyridine rings is 1. The molecular weight excluding hydrogens is 466 g/mol. The van der Waals surface area contributed by atoms with E-state index in [-0.39, 0.29) is 23.1 Å². The Morgan fingerprint density at radius 3 is 2.56 bits per heavy atom. The van der Waals surface area contributed by atoms with Crippen LogP contribution in [0.25, 0.3) is 6.08 Å². The zero-order valence-corrected chi connectivity index (χ0v) is 21.5. The van der Waals surface area contributed by atoms with Crippen LogP contribution in [0.15, 0.2) is 35.7 Å². The topological polar surface area (TPSA) is 88.1 Å². The number of carbonyl (C=O) groups is 2. The Morgan fingerprint density at radius 1 is 1.15 bits per heavy atom. The van der Waals surface area contributed by atoms with E-state index in [9.17, 15) is 9.59 Å². The molecular formula is C25H29N5O2S2. The van der Waals surface area contributed by atoms with Crippen molar-refractivity contribution in [1.82, 2.24) is 20.1 Å². The molecule has 0 spiro atoms. The van der Waals surface area contributed by atoms with Crippen molar-refractivity contribution in [2.45, 2.75) is 51.9 Å². The maximum absolute atomic E-state index is 13.1. The quantitative estimate of drug-likeness (QED) is 0.487. The minimum Gasteiger partial charge on any atom is -0.339 e. The van der Waals surface area contributed by atoms with Gasteiger partial charge in [-0.2, -0.15) is 0 Å². The second-order valence-electron chi connectivity index (χ2n) is 9.45. The number of aryl methyl sites for hydroxylation is 1. The highest BCUT2D eigenvalue weighted by Gasteiger charge is 2.28. The van der Waals surface area contributed by atoms with Crippen LogP contribution >= 0.6 is 22.7 Å². The highest BCUT2D eigenvalue weighted by molar-refractivity contribution is 7.15. The number of likely N-dealkylation sites (tertiary alicyclic amines) is 1. The summed E-state index contributed by atoms with van der Waals surface area (Å²) in [6, 6.07) is 7.65. The molecule has 4 rings (SSSR count). The van der Waals surface area contributed by atoms with E-state index in [1.807, 2.05) is 47.5 Å². The van der Waals surface area contributed by atoms with Gasteiger partial charge in [-0.3, -0.25) is 19.9 Å². The van der Waals surface area contributed by atoms with E-state index in [0.717, 1.165) is 34.1 Å². The molecule has 34 heavy (non-hydrogen) atoms. The number of nitrogens with one attached hydrogen (secondary N) is 1. The van der Waals surface area contributed by atoms with Crippen molar-refractivity contribution >= 4 is 45.7 Å². The molecule has 4 heterocycles. The summed E-state index contributed by atoms with van der Waals surface area (Å²) < 4.78 is 0. The number of hydrogen-bond donors (Lipinski definition) is 1. The molecule has 3 aromatic heterocycles. The highest BCUT2D eigenvalue weighted by atomic mass is 32.1. The van der Waals surface area contributed by atoms with Gasteiger partial charge in [-0.25, -0.2) is 0 Å². The minimum absolute atomic E-state index is 0.0212. The van der Waals surface area contributed by atoms with Crippen LogP contribution in [0.4, 0.5) is 5.13 Å². The molecule has 1 N–H and O–H groups in total. The van der Waals surface area contributed by atoms with Crippen molar-refractivity contribution in [3.8, 4) is 0 Å². The number of hydrogen-bond acceptors (Lipinski definition) is 7. The van der Waals surface area contributed by atoms with Crippen molar-refractivity contribution in [3.63, 3.8) is 0 Å². The summed E-state index contributed by atoms with van der Waals surface area (Å²) in [5.41, 5.74) is 2.09. The lowest BCUT2D eigenvalue weighted by Crippen LogP contribution is -2.37. The number of amides is 2. The summed E-state index contributed by atoms with van der Waals surface area (Å²) in [5.74, 6) is -0.0880. The van der Waals surface area contributed by atoms with Crippen molar-refractivity contribution in [3.05, 3.63) is 62.6 Å². The second-order valence-corrected chi connectivity index (χ2v) is 11.4. The van der Waals surface area contributed by atoms with Crippen LogP contribution in [0.1, 0.15) is 71.2 Å². The van der Waals surface area contributed by atoms with Crippen LogP contribution in [-0.4, -0.2) is 45.0 Å². The molecule has 0 aliphatic carbocycles. The maximum atomic E-state index is 13.1. The van der Waals surface area contributed by atoms with Crippen molar-refractivity contribution in [2.75, 3.05) is 18.4 Å². The third-order valence-electron chi connectivity index (χ3n) is 5.72. The molecule has 1 fully saturated rings. The van der Waals surface area contributed by atoms with Crippen LogP contribution in [0, 0.1) is 6.92 Å². The number of piperidine rings is 1. The van der Waals surface area contributed by atoms with Gasteiger partial charge in [-0.1, -0.05) is 38.2 Å². The molecule has 0 bridgehead atoms. The first-order chi connectivity index (χ1) is 16.2. The third kappa shape index (κ3) is 5.77. The van der Waals surface area contributed by atoms with Crippen LogP contribution in [-0.2, 0) is 10.2 Å². The summed E-state index contributed by atoms with van der Waals surface area (Å²) in [6.07, 6.45) is 5.04. The van der Waals surface area contributed by atoms with E-state index in [0.29, 0.717) is 23.8 Å². The van der Waals surface area contributed by atoms with Gasteiger partial charge in [0.25, 0.3) is 5.91 Å². The van der Waals surface area contributed by atoms with E-state index in [4.69, 9.17) is 4.98 Å². The zero-order valence-electron chi connectivity index (χ0n) is 19.9. The van der Waals surface area contributed by atoms with Gasteiger partial charge < -0.3 is 4.90 Å². The Morgan fingerprint density at radius 2 is 1.91 bits per heavy atom. The molecule has 1 aliphatic heterocycles. The van der Waals surface area contributed by atoms with Gasteiger partial charge in [0.2, 0.25) is 11.0 Å². The molecule has 7 nitrogen and oxygen atoms in total. The van der Waals surface area contributed by atoms with Crippen molar-refractivity contribution < 1.29 is 9.59 Å². The molecule has 178 valence electrons. The van der Waals surface area contributed by atoms with Crippen LogP contribution < -0.4 is 5.32 Å². The molecule has 1 aliphatic rings. The average molecular weight is 496 g/mol. The van der Waals surface area contributed by atoms with E-state index in [1.54, 1.807) is 17.4 Å². The third-order valence-corrected chi connectivity index (χ3v) is 7.82. The van der Waals surface area contributed by atoms with E-state index >= 15 is 0 Å². The molecule has 0 radical (unpaired) electrons. The first-order valence-electron chi connectivity index (χ1n) is 11.3. The van der Waals surface area contributed by atoms with E-state index in [1.165, 1.54) is 11.3 Å². The van der Waals surface area contributed by atoms with E-state index in [2.05, 4.69) is 36.3 Å². The lowest BCUT2D eigenvalue weighted by atomic mass is 9.89. The molecule has 0 saturated carbocycles. The fourth-order valence-electron chi connectivity index (χ4n) is 3.84. The number of thiophene rings is 1. The molecule has 9 heteroatoms.